The minimum absolute atomic E-state index is 0.361. The third-order valence-electron chi connectivity index (χ3n) is 4.38. The fourth-order valence-corrected chi connectivity index (χ4v) is 3.25. The van der Waals surface area contributed by atoms with Gasteiger partial charge in [0.25, 0.3) is 0 Å². The molecule has 24 heavy (non-hydrogen) atoms. The topological polar surface area (TPSA) is 44.8 Å². The van der Waals surface area contributed by atoms with Gasteiger partial charge in [0, 0.05) is 11.6 Å². The van der Waals surface area contributed by atoms with Gasteiger partial charge in [0.2, 0.25) is 0 Å². The van der Waals surface area contributed by atoms with Crippen molar-refractivity contribution in [2.45, 2.75) is 6.10 Å². The number of benzene rings is 3. The Morgan fingerprint density at radius 3 is 2.54 bits per heavy atom. The van der Waals surface area contributed by atoms with Gasteiger partial charge in [-0.1, -0.05) is 42.5 Å². The number of esters is 1. The van der Waals surface area contributed by atoms with E-state index in [1.165, 1.54) is 0 Å². The van der Waals surface area contributed by atoms with E-state index in [2.05, 4.69) is 0 Å². The molecule has 0 spiro atoms. The van der Waals surface area contributed by atoms with E-state index in [1.807, 2.05) is 42.5 Å². The van der Waals surface area contributed by atoms with Crippen LogP contribution in [-0.2, 0) is 4.74 Å². The molecule has 0 fully saturated rings. The Bertz CT molecular complexity index is 940. The zero-order valence-electron chi connectivity index (χ0n) is 13.4. The molecule has 0 bridgehead atoms. The Hall–Kier alpha value is -3.01. The number of ether oxygens (including phenoxy) is 3. The zero-order valence-corrected chi connectivity index (χ0v) is 13.4. The van der Waals surface area contributed by atoms with Crippen LogP contribution in [0.1, 0.15) is 27.6 Å². The third-order valence-corrected chi connectivity index (χ3v) is 4.38. The number of hydrogen-bond donors (Lipinski definition) is 0. The Morgan fingerprint density at radius 1 is 0.958 bits per heavy atom. The molecule has 1 aliphatic rings. The molecule has 0 amide bonds. The van der Waals surface area contributed by atoms with Crippen molar-refractivity contribution >= 4 is 16.7 Å². The maximum atomic E-state index is 12.4. The van der Waals surface area contributed by atoms with Crippen LogP contribution in [0.3, 0.4) is 0 Å². The molecule has 0 unspecified atom stereocenters. The van der Waals surface area contributed by atoms with Crippen molar-refractivity contribution in [3.8, 4) is 11.5 Å². The summed E-state index contributed by atoms with van der Waals surface area (Å²) in [6.45, 7) is 0. The van der Waals surface area contributed by atoms with Crippen molar-refractivity contribution in [1.29, 1.82) is 0 Å². The fraction of sp³-hybridized carbons (Fsp3) is 0.150. The van der Waals surface area contributed by atoms with Gasteiger partial charge >= 0.3 is 5.97 Å². The molecular formula is C20H16O4. The van der Waals surface area contributed by atoms with Gasteiger partial charge in [-0.25, -0.2) is 4.79 Å². The van der Waals surface area contributed by atoms with E-state index in [1.54, 1.807) is 26.4 Å². The van der Waals surface area contributed by atoms with Gasteiger partial charge in [-0.3, -0.25) is 0 Å². The second kappa shape index (κ2) is 5.57. The minimum atomic E-state index is -0.487. The third kappa shape index (κ3) is 2.11. The van der Waals surface area contributed by atoms with Crippen LogP contribution in [0.2, 0.25) is 0 Å². The zero-order chi connectivity index (χ0) is 16.7. The standard InChI is InChI=1S/C20H16O4/c1-22-13-10-16-18(17(11-13)23-2)19(24-20(16)21)15-9-5-7-12-6-3-4-8-14(12)15/h3-11,19H,1-2H3/t19-/m0/s1. The molecule has 0 N–H and O–H groups in total. The van der Waals surface area contributed by atoms with Crippen LogP contribution < -0.4 is 9.47 Å². The minimum Gasteiger partial charge on any atom is -0.497 e. The molecule has 3 aromatic rings. The van der Waals surface area contributed by atoms with E-state index in [9.17, 15) is 4.79 Å². The van der Waals surface area contributed by atoms with Crippen molar-refractivity contribution < 1.29 is 19.0 Å². The summed E-state index contributed by atoms with van der Waals surface area (Å²) in [5.41, 5.74) is 2.19. The molecule has 0 saturated carbocycles. The highest BCUT2D eigenvalue weighted by Crippen LogP contribution is 2.45. The summed E-state index contributed by atoms with van der Waals surface area (Å²) in [7, 11) is 3.14. The molecular weight excluding hydrogens is 304 g/mol. The van der Waals surface area contributed by atoms with Gasteiger partial charge in [0.1, 0.15) is 11.5 Å². The maximum Gasteiger partial charge on any atom is 0.339 e. The molecule has 4 nitrogen and oxygen atoms in total. The van der Waals surface area contributed by atoms with Crippen molar-refractivity contribution in [1.82, 2.24) is 0 Å². The van der Waals surface area contributed by atoms with E-state index in [4.69, 9.17) is 14.2 Å². The SMILES string of the molecule is COc1cc(OC)c2c(c1)C(=O)O[C@H]2c1cccc2ccccc12. The molecule has 120 valence electrons. The number of cyclic esters (lactones) is 1. The first kappa shape index (κ1) is 14.6. The second-order valence-corrected chi connectivity index (χ2v) is 5.64. The van der Waals surface area contributed by atoms with Crippen molar-refractivity contribution in [2.24, 2.45) is 0 Å². The van der Waals surface area contributed by atoms with Gasteiger partial charge in [-0.05, 0) is 16.8 Å². The number of carbonyl (C=O) groups excluding carboxylic acids is 1. The maximum absolute atomic E-state index is 12.4. The van der Waals surface area contributed by atoms with Crippen LogP contribution in [0.4, 0.5) is 0 Å². The molecule has 0 aromatic heterocycles. The van der Waals surface area contributed by atoms with Crippen LogP contribution in [0.25, 0.3) is 10.8 Å². The first-order chi connectivity index (χ1) is 11.7. The monoisotopic (exact) mass is 320 g/mol. The Balaban J connectivity index is 1.96. The van der Waals surface area contributed by atoms with Crippen LogP contribution in [-0.4, -0.2) is 20.2 Å². The summed E-state index contributed by atoms with van der Waals surface area (Å²) < 4.78 is 16.4. The average molecular weight is 320 g/mol. The second-order valence-electron chi connectivity index (χ2n) is 5.64. The lowest BCUT2D eigenvalue weighted by atomic mass is 9.94. The lowest BCUT2D eigenvalue weighted by Gasteiger charge is -2.16. The molecule has 3 aromatic carbocycles. The molecule has 1 aliphatic heterocycles. The molecule has 0 radical (unpaired) electrons. The highest BCUT2D eigenvalue weighted by Gasteiger charge is 2.36. The van der Waals surface area contributed by atoms with E-state index < -0.39 is 6.10 Å². The summed E-state index contributed by atoms with van der Waals surface area (Å²) in [6.07, 6.45) is -0.487. The quantitative estimate of drug-likeness (QED) is 0.681. The Labute approximate surface area is 139 Å². The van der Waals surface area contributed by atoms with E-state index >= 15 is 0 Å². The molecule has 0 aliphatic carbocycles. The van der Waals surface area contributed by atoms with Gasteiger partial charge in [-0.2, -0.15) is 0 Å². The summed E-state index contributed by atoms with van der Waals surface area (Å²) in [5, 5.41) is 2.16. The van der Waals surface area contributed by atoms with Crippen LogP contribution >= 0.6 is 0 Å². The highest BCUT2D eigenvalue weighted by atomic mass is 16.6. The molecule has 4 heteroatoms. The summed E-state index contributed by atoms with van der Waals surface area (Å²) >= 11 is 0. The summed E-state index contributed by atoms with van der Waals surface area (Å²) in [6, 6.07) is 17.5. The van der Waals surface area contributed by atoms with E-state index in [0.717, 1.165) is 21.9 Å². The lowest BCUT2D eigenvalue weighted by Crippen LogP contribution is -2.03. The first-order valence-electron chi connectivity index (χ1n) is 7.67. The van der Waals surface area contributed by atoms with Crippen molar-refractivity contribution in [2.75, 3.05) is 14.2 Å². The Morgan fingerprint density at radius 2 is 1.75 bits per heavy atom. The predicted molar refractivity (Wildman–Crippen MR) is 90.8 cm³/mol. The van der Waals surface area contributed by atoms with Gasteiger partial charge < -0.3 is 14.2 Å². The largest absolute Gasteiger partial charge is 0.497 e. The van der Waals surface area contributed by atoms with Crippen molar-refractivity contribution in [3.63, 3.8) is 0 Å². The Kier molecular flexibility index (Phi) is 3.38. The predicted octanol–water partition coefficient (Wildman–Crippen LogP) is 4.12. The first-order valence-corrected chi connectivity index (χ1v) is 7.67. The number of rotatable bonds is 3. The number of carbonyl (C=O) groups is 1. The van der Waals surface area contributed by atoms with Crippen molar-refractivity contribution in [3.05, 3.63) is 71.3 Å². The van der Waals surface area contributed by atoms with Gasteiger partial charge in [0.15, 0.2) is 6.10 Å². The molecule has 0 saturated heterocycles. The van der Waals surface area contributed by atoms with Gasteiger partial charge in [-0.15, -0.1) is 0 Å². The normalized spacial score (nSPS) is 15.9. The summed E-state index contributed by atoms with van der Waals surface area (Å²) in [5.74, 6) is 0.800. The molecule has 1 atom stereocenters. The molecule has 1 heterocycles. The smallest absolute Gasteiger partial charge is 0.339 e. The van der Waals surface area contributed by atoms with E-state index in [0.29, 0.717) is 17.1 Å². The summed E-state index contributed by atoms with van der Waals surface area (Å²) in [4.78, 5) is 12.4. The van der Waals surface area contributed by atoms with Crippen LogP contribution in [0.15, 0.2) is 54.6 Å². The number of methoxy groups -OCH3 is 2. The van der Waals surface area contributed by atoms with Crippen LogP contribution in [0.5, 0.6) is 11.5 Å². The van der Waals surface area contributed by atoms with Gasteiger partial charge in [0.05, 0.1) is 25.3 Å². The molecule has 4 rings (SSSR count). The lowest BCUT2D eigenvalue weighted by molar-refractivity contribution is 0.0456. The van der Waals surface area contributed by atoms with Crippen LogP contribution in [0, 0.1) is 0 Å². The number of hydrogen-bond acceptors (Lipinski definition) is 4. The fourth-order valence-electron chi connectivity index (χ4n) is 3.25. The average Bonchev–Trinajstić information content (AvgIpc) is 2.97. The van der Waals surface area contributed by atoms with E-state index in [-0.39, 0.29) is 5.97 Å². The highest BCUT2D eigenvalue weighted by molar-refractivity contribution is 5.97. The number of fused-ring (bicyclic) bond motifs is 2.